The summed E-state index contributed by atoms with van der Waals surface area (Å²) in [6.07, 6.45) is -3.40. The fourth-order valence-corrected chi connectivity index (χ4v) is 2.13. The summed E-state index contributed by atoms with van der Waals surface area (Å²) in [6.45, 7) is 0. The van der Waals surface area contributed by atoms with Crippen molar-refractivity contribution in [2.75, 3.05) is 7.11 Å². The van der Waals surface area contributed by atoms with Gasteiger partial charge in [-0.25, -0.2) is 0 Å². The Hall–Kier alpha value is -0.250. The van der Waals surface area contributed by atoms with Gasteiger partial charge in [-0.1, -0.05) is 15.9 Å². The van der Waals surface area contributed by atoms with Crippen LogP contribution in [-0.4, -0.2) is 18.5 Å². The lowest BCUT2D eigenvalue weighted by Gasteiger charge is -2.14. The van der Waals surface area contributed by atoms with Crippen molar-refractivity contribution in [3.8, 4) is 11.5 Å². The molecule has 0 aliphatic carbocycles. The Morgan fingerprint density at radius 1 is 1.50 bits per heavy atom. The second-order valence-corrected chi connectivity index (χ2v) is 4.24. The molecule has 0 saturated carbocycles. The Bertz CT molecular complexity index is 386. The van der Waals surface area contributed by atoms with E-state index in [1.54, 1.807) is 22.6 Å². The molecule has 0 aromatic carbocycles. The Morgan fingerprint density at radius 3 is 2.56 bits per heavy atom. The van der Waals surface area contributed by atoms with Gasteiger partial charge in [-0.15, -0.1) is 13.2 Å². The molecule has 3 nitrogen and oxygen atoms in total. The molecule has 0 radical (unpaired) electrons. The number of rotatable bonds is 3. The Labute approximate surface area is 112 Å². The van der Waals surface area contributed by atoms with E-state index in [1.807, 2.05) is 0 Å². The molecule has 16 heavy (non-hydrogen) atoms. The summed E-state index contributed by atoms with van der Waals surface area (Å²) < 4.78 is 45.5. The number of halogens is 5. The average molecular weight is 412 g/mol. The summed E-state index contributed by atoms with van der Waals surface area (Å²) in [4.78, 5) is 3.81. The number of hydrogen-bond acceptors (Lipinski definition) is 3. The monoisotopic (exact) mass is 411 g/mol. The van der Waals surface area contributed by atoms with Crippen LogP contribution in [0.25, 0.3) is 0 Å². The molecule has 0 N–H and O–H groups in total. The summed E-state index contributed by atoms with van der Waals surface area (Å²) in [5.41, 5.74) is 0.169. The van der Waals surface area contributed by atoms with Gasteiger partial charge >= 0.3 is 6.36 Å². The minimum Gasteiger partial charge on any atom is -0.494 e. The molecule has 0 saturated heterocycles. The van der Waals surface area contributed by atoms with E-state index in [4.69, 9.17) is 4.74 Å². The minimum absolute atomic E-state index is 0.165. The molecule has 0 amide bonds. The van der Waals surface area contributed by atoms with Crippen molar-refractivity contribution in [3.05, 3.63) is 15.5 Å². The van der Waals surface area contributed by atoms with Crippen LogP contribution >= 0.6 is 38.5 Å². The van der Waals surface area contributed by atoms with Crippen molar-refractivity contribution in [2.24, 2.45) is 0 Å². The van der Waals surface area contributed by atoms with Crippen LogP contribution in [0.5, 0.6) is 11.5 Å². The van der Waals surface area contributed by atoms with Gasteiger partial charge in [0.2, 0.25) is 0 Å². The summed E-state index contributed by atoms with van der Waals surface area (Å²) in [5, 5.41) is 0.165. The second kappa shape index (κ2) is 5.39. The molecule has 1 rings (SSSR count). The lowest BCUT2D eigenvalue weighted by molar-refractivity contribution is -0.275. The highest BCUT2D eigenvalue weighted by Crippen LogP contribution is 2.36. The molecule has 1 heterocycles. The lowest BCUT2D eigenvalue weighted by atomic mass is 10.3. The van der Waals surface area contributed by atoms with Crippen LogP contribution in [-0.2, 0) is 5.33 Å². The maximum Gasteiger partial charge on any atom is 0.573 e. The Balaban J connectivity index is 3.21. The van der Waals surface area contributed by atoms with E-state index in [2.05, 4.69) is 25.7 Å². The number of alkyl halides is 4. The smallest absolute Gasteiger partial charge is 0.494 e. The normalized spacial score (nSPS) is 11.4. The van der Waals surface area contributed by atoms with E-state index in [1.165, 1.54) is 13.3 Å². The van der Waals surface area contributed by atoms with Gasteiger partial charge in [-0.3, -0.25) is 4.98 Å². The van der Waals surface area contributed by atoms with Crippen LogP contribution in [0.15, 0.2) is 6.20 Å². The van der Waals surface area contributed by atoms with Crippen molar-refractivity contribution >= 4 is 38.5 Å². The first-order valence-electron chi connectivity index (χ1n) is 3.92. The van der Waals surface area contributed by atoms with Gasteiger partial charge in [0.05, 0.1) is 19.0 Å². The summed E-state index contributed by atoms with van der Waals surface area (Å²) in [6, 6.07) is 0. The lowest BCUT2D eigenvalue weighted by Crippen LogP contribution is -2.19. The molecule has 0 atom stereocenters. The van der Waals surface area contributed by atoms with Crippen molar-refractivity contribution in [1.82, 2.24) is 4.98 Å². The number of hydrogen-bond donors (Lipinski definition) is 0. The van der Waals surface area contributed by atoms with Crippen molar-refractivity contribution in [3.63, 3.8) is 0 Å². The van der Waals surface area contributed by atoms with Crippen molar-refractivity contribution < 1.29 is 22.6 Å². The fraction of sp³-hybridized carbons (Fsp3) is 0.375. The molecule has 0 bridgehead atoms. The number of nitrogens with zero attached hydrogens (tertiary/aromatic N) is 1. The van der Waals surface area contributed by atoms with Crippen LogP contribution in [0, 0.1) is 3.57 Å². The summed E-state index contributed by atoms with van der Waals surface area (Å²) >= 11 is 4.76. The first kappa shape index (κ1) is 13.8. The highest BCUT2D eigenvalue weighted by Gasteiger charge is 2.34. The molecule has 0 unspecified atom stereocenters. The van der Waals surface area contributed by atoms with Gasteiger partial charge in [0.1, 0.15) is 3.57 Å². The molecular formula is C8H6BrF3INO2. The van der Waals surface area contributed by atoms with Crippen LogP contribution in [0.1, 0.15) is 5.69 Å². The van der Waals surface area contributed by atoms with Crippen molar-refractivity contribution in [2.45, 2.75) is 11.7 Å². The number of methoxy groups -OCH3 is 1. The third kappa shape index (κ3) is 3.37. The van der Waals surface area contributed by atoms with Gasteiger partial charge in [-0.05, 0) is 22.6 Å². The third-order valence-electron chi connectivity index (χ3n) is 1.58. The van der Waals surface area contributed by atoms with Gasteiger partial charge in [0, 0.05) is 5.33 Å². The standard InChI is InChI=1S/C8H6BrF3INO2/c1-15-5-3-14-4(2-9)7(6(5)13)16-8(10,11)12/h3H,2H2,1H3. The zero-order chi connectivity index (χ0) is 12.3. The van der Waals surface area contributed by atoms with Gasteiger partial charge < -0.3 is 9.47 Å². The molecule has 0 aliphatic heterocycles. The highest BCUT2D eigenvalue weighted by atomic mass is 127. The van der Waals surface area contributed by atoms with E-state index in [9.17, 15) is 13.2 Å². The van der Waals surface area contributed by atoms with Gasteiger partial charge in [0.25, 0.3) is 0 Å². The van der Waals surface area contributed by atoms with Gasteiger partial charge in [-0.2, -0.15) is 0 Å². The first-order chi connectivity index (χ1) is 7.39. The van der Waals surface area contributed by atoms with Crippen LogP contribution in [0.4, 0.5) is 13.2 Å². The molecule has 0 aliphatic rings. The molecule has 0 fully saturated rings. The SMILES string of the molecule is COc1cnc(CBr)c(OC(F)(F)F)c1I. The maximum atomic E-state index is 12.2. The minimum atomic E-state index is -4.75. The predicted octanol–water partition coefficient (Wildman–Crippen LogP) is 3.49. The Morgan fingerprint density at radius 2 is 2.12 bits per heavy atom. The zero-order valence-electron chi connectivity index (χ0n) is 7.94. The topological polar surface area (TPSA) is 31.4 Å². The van der Waals surface area contributed by atoms with Crippen LogP contribution in [0.3, 0.4) is 0 Å². The number of ether oxygens (including phenoxy) is 2. The molecule has 1 aromatic rings. The van der Waals surface area contributed by atoms with Gasteiger partial charge in [0.15, 0.2) is 11.5 Å². The second-order valence-electron chi connectivity index (χ2n) is 2.60. The molecule has 8 heteroatoms. The van der Waals surface area contributed by atoms with E-state index < -0.39 is 6.36 Å². The zero-order valence-corrected chi connectivity index (χ0v) is 11.7. The average Bonchev–Trinajstić information content (AvgIpc) is 2.19. The first-order valence-corrected chi connectivity index (χ1v) is 6.12. The largest absolute Gasteiger partial charge is 0.573 e. The third-order valence-corrected chi connectivity index (χ3v) is 3.13. The maximum absolute atomic E-state index is 12.2. The van der Waals surface area contributed by atoms with E-state index >= 15 is 0 Å². The summed E-state index contributed by atoms with van der Waals surface area (Å²) in [7, 11) is 1.35. The number of pyridine rings is 1. The molecule has 1 aromatic heterocycles. The molecular weight excluding hydrogens is 406 g/mol. The molecule has 0 spiro atoms. The quantitative estimate of drug-likeness (QED) is 0.563. The van der Waals surface area contributed by atoms with Crippen molar-refractivity contribution in [1.29, 1.82) is 0 Å². The van der Waals surface area contributed by atoms with E-state index in [0.29, 0.717) is 0 Å². The van der Waals surface area contributed by atoms with Crippen LogP contribution in [0.2, 0.25) is 0 Å². The Kier molecular flexibility index (Phi) is 4.65. The van der Waals surface area contributed by atoms with E-state index in [-0.39, 0.29) is 26.1 Å². The fourth-order valence-electron chi connectivity index (χ4n) is 0.947. The summed E-state index contributed by atoms with van der Waals surface area (Å²) in [5.74, 6) is -0.0890. The highest BCUT2D eigenvalue weighted by molar-refractivity contribution is 14.1. The predicted molar refractivity (Wildman–Crippen MR) is 62.8 cm³/mol. The number of aromatic nitrogens is 1. The van der Waals surface area contributed by atoms with Crippen LogP contribution < -0.4 is 9.47 Å². The molecule has 90 valence electrons. The van der Waals surface area contributed by atoms with E-state index in [0.717, 1.165) is 0 Å².